The van der Waals surface area contributed by atoms with Crippen molar-refractivity contribution in [2.45, 2.75) is 39.3 Å². The Morgan fingerprint density at radius 1 is 1.12 bits per heavy atom. The van der Waals surface area contributed by atoms with Crippen molar-refractivity contribution < 1.29 is 23.5 Å². The number of rotatable bonds is 7. The van der Waals surface area contributed by atoms with Crippen LogP contribution in [0.25, 0.3) is 0 Å². The number of carbonyl (C=O) groups excluding carboxylic acids is 1. The van der Waals surface area contributed by atoms with Crippen LogP contribution in [0.4, 0.5) is 0 Å². The molecule has 0 spiro atoms. The van der Waals surface area contributed by atoms with Crippen molar-refractivity contribution >= 4 is 5.91 Å². The molecule has 0 bridgehead atoms. The van der Waals surface area contributed by atoms with Crippen molar-refractivity contribution in [3.05, 3.63) is 70.6 Å². The van der Waals surface area contributed by atoms with Gasteiger partial charge in [-0.1, -0.05) is 11.2 Å². The largest absolute Gasteiger partial charge is 0.497 e. The van der Waals surface area contributed by atoms with Gasteiger partial charge in [-0.2, -0.15) is 0 Å². The molecule has 3 aromatic rings. The second-order valence-corrected chi connectivity index (χ2v) is 7.88. The first-order valence-corrected chi connectivity index (χ1v) is 10.7. The Kier molecular flexibility index (Phi) is 6.35. The minimum atomic E-state index is -0.0461. The summed E-state index contributed by atoms with van der Waals surface area (Å²) in [5.41, 5.74) is 3.32. The van der Waals surface area contributed by atoms with E-state index in [1.807, 2.05) is 55.1 Å². The number of carbonyl (C=O) groups is 1. The van der Waals surface area contributed by atoms with E-state index < -0.39 is 0 Å². The smallest absolute Gasteiger partial charge is 0.254 e. The molecular weight excluding hydrogens is 408 g/mol. The van der Waals surface area contributed by atoms with Crippen LogP contribution in [0.2, 0.25) is 0 Å². The minimum Gasteiger partial charge on any atom is -0.497 e. The van der Waals surface area contributed by atoms with E-state index in [1.54, 1.807) is 20.3 Å². The lowest BCUT2D eigenvalue weighted by molar-refractivity contribution is 0.0733. The van der Waals surface area contributed by atoms with Gasteiger partial charge in [0.15, 0.2) is 0 Å². The van der Waals surface area contributed by atoms with E-state index in [-0.39, 0.29) is 11.9 Å². The summed E-state index contributed by atoms with van der Waals surface area (Å²) in [6, 6.07) is 13.0. The summed E-state index contributed by atoms with van der Waals surface area (Å²) >= 11 is 0. The number of hydrogen-bond donors (Lipinski definition) is 0. The quantitative estimate of drug-likeness (QED) is 0.526. The monoisotopic (exact) mass is 436 g/mol. The van der Waals surface area contributed by atoms with Crippen molar-refractivity contribution in [3.8, 4) is 17.2 Å². The predicted octanol–water partition coefficient (Wildman–Crippen LogP) is 4.86. The van der Waals surface area contributed by atoms with Gasteiger partial charge in [0.25, 0.3) is 5.91 Å². The topological polar surface area (TPSA) is 74.0 Å². The molecule has 1 saturated heterocycles. The van der Waals surface area contributed by atoms with Gasteiger partial charge in [0.1, 0.15) is 29.6 Å². The number of benzene rings is 2. The van der Waals surface area contributed by atoms with Gasteiger partial charge >= 0.3 is 0 Å². The summed E-state index contributed by atoms with van der Waals surface area (Å²) in [5.74, 6) is 2.81. The third-order valence-electron chi connectivity index (χ3n) is 5.96. The van der Waals surface area contributed by atoms with Gasteiger partial charge in [-0.15, -0.1) is 0 Å². The highest BCUT2D eigenvalue weighted by molar-refractivity contribution is 5.95. The van der Waals surface area contributed by atoms with E-state index >= 15 is 0 Å². The van der Waals surface area contributed by atoms with Gasteiger partial charge in [-0.25, -0.2) is 0 Å². The lowest BCUT2D eigenvalue weighted by Crippen LogP contribution is -2.30. The van der Waals surface area contributed by atoms with Crippen LogP contribution < -0.4 is 14.2 Å². The summed E-state index contributed by atoms with van der Waals surface area (Å²) < 4.78 is 22.0. The molecule has 0 N–H and O–H groups in total. The fourth-order valence-electron chi connectivity index (χ4n) is 4.18. The van der Waals surface area contributed by atoms with Crippen LogP contribution in [-0.4, -0.2) is 36.7 Å². The van der Waals surface area contributed by atoms with Gasteiger partial charge in [-0.3, -0.25) is 4.79 Å². The molecule has 0 aliphatic carbocycles. The first kappa shape index (κ1) is 21.7. The van der Waals surface area contributed by atoms with E-state index in [2.05, 4.69) is 5.16 Å². The molecule has 0 unspecified atom stereocenters. The van der Waals surface area contributed by atoms with Crippen molar-refractivity contribution in [1.82, 2.24) is 10.1 Å². The van der Waals surface area contributed by atoms with Crippen molar-refractivity contribution in [2.75, 3.05) is 20.8 Å². The summed E-state index contributed by atoms with van der Waals surface area (Å²) in [6.07, 6.45) is 1.82. The van der Waals surface area contributed by atoms with Crippen LogP contribution in [0.5, 0.6) is 17.2 Å². The number of hydrogen-bond acceptors (Lipinski definition) is 6. The summed E-state index contributed by atoms with van der Waals surface area (Å²) in [7, 11) is 3.26. The van der Waals surface area contributed by atoms with Gasteiger partial charge < -0.3 is 23.6 Å². The van der Waals surface area contributed by atoms with Crippen LogP contribution in [0.3, 0.4) is 0 Å². The predicted molar refractivity (Wildman–Crippen MR) is 119 cm³/mol. The minimum absolute atomic E-state index is 0.0202. The van der Waals surface area contributed by atoms with Crippen LogP contribution >= 0.6 is 0 Å². The van der Waals surface area contributed by atoms with Crippen molar-refractivity contribution in [2.24, 2.45) is 0 Å². The van der Waals surface area contributed by atoms with E-state index in [4.69, 9.17) is 18.7 Å². The maximum absolute atomic E-state index is 13.4. The maximum Gasteiger partial charge on any atom is 0.254 e. The zero-order chi connectivity index (χ0) is 22.7. The Balaban J connectivity index is 1.53. The molecule has 7 heteroatoms. The molecule has 1 fully saturated rings. The fraction of sp³-hybridized carbons (Fsp3) is 0.360. The van der Waals surface area contributed by atoms with E-state index in [0.29, 0.717) is 24.5 Å². The first-order chi connectivity index (χ1) is 15.5. The molecule has 2 aromatic carbocycles. The molecule has 0 radical (unpaired) electrons. The lowest BCUT2D eigenvalue weighted by atomic mass is 10.0. The molecule has 1 aliphatic rings. The lowest BCUT2D eigenvalue weighted by Gasteiger charge is -2.27. The number of methoxy groups -OCH3 is 2. The third kappa shape index (κ3) is 4.28. The molecule has 7 nitrogen and oxygen atoms in total. The number of amides is 1. The molecule has 0 saturated carbocycles. The molecule has 1 aromatic heterocycles. The Morgan fingerprint density at radius 3 is 2.69 bits per heavy atom. The highest BCUT2D eigenvalue weighted by atomic mass is 16.5. The third-order valence-corrected chi connectivity index (χ3v) is 5.96. The number of likely N-dealkylation sites (tertiary alicyclic amines) is 1. The summed E-state index contributed by atoms with van der Waals surface area (Å²) in [5, 5.41) is 3.95. The van der Waals surface area contributed by atoms with Crippen LogP contribution in [-0.2, 0) is 6.61 Å². The summed E-state index contributed by atoms with van der Waals surface area (Å²) in [4.78, 5) is 15.3. The van der Waals surface area contributed by atoms with E-state index in [9.17, 15) is 4.79 Å². The highest BCUT2D eigenvalue weighted by Crippen LogP contribution is 2.39. The van der Waals surface area contributed by atoms with Crippen LogP contribution in [0.1, 0.15) is 51.8 Å². The average Bonchev–Trinajstić information content (AvgIpc) is 3.43. The van der Waals surface area contributed by atoms with Gasteiger partial charge in [0, 0.05) is 23.7 Å². The number of aromatic nitrogens is 1. The molecular formula is C25H28N2O5. The molecule has 1 amide bonds. The SMILES string of the molecule is COc1ccc([C@H]2CCCN2C(=O)c2cccc(OCc3c(C)noc3C)c2)c(OC)c1. The Bertz CT molecular complexity index is 1090. The zero-order valence-electron chi connectivity index (χ0n) is 18.9. The molecule has 2 heterocycles. The Morgan fingerprint density at radius 2 is 1.97 bits per heavy atom. The highest BCUT2D eigenvalue weighted by Gasteiger charge is 2.32. The zero-order valence-corrected chi connectivity index (χ0v) is 18.9. The molecule has 1 atom stereocenters. The van der Waals surface area contributed by atoms with Crippen LogP contribution in [0.15, 0.2) is 47.0 Å². The van der Waals surface area contributed by atoms with Gasteiger partial charge in [0.05, 0.1) is 31.5 Å². The van der Waals surface area contributed by atoms with Crippen molar-refractivity contribution in [1.29, 1.82) is 0 Å². The Labute approximate surface area is 187 Å². The van der Waals surface area contributed by atoms with Gasteiger partial charge in [0.2, 0.25) is 0 Å². The van der Waals surface area contributed by atoms with E-state index in [1.165, 1.54) is 0 Å². The summed E-state index contributed by atoms with van der Waals surface area (Å²) in [6.45, 7) is 4.78. The van der Waals surface area contributed by atoms with Crippen LogP contribution in [0, 0.1) is 13.8 Å². The fourth-order valence-corrected chi connectivity index (χ4v) is 4.18. The first-order valence-electron chi connectivity index (χ1n) is 10.7. The number of aryl methyl sites for hydroxylation is 2. The maximum atomic E-state index is 13.4. The van der Waals surface area contributed by atoms with E-state index in [0.717, 1.165) is 46.9 Å². The molecule has 4 rings (SSSR count). The molecule has 32 heavy (non-hydrogen) atoms. The van der Waals surface area contributed by atoms with Gasteiger partial charge in [-0.05, 0) is 57.0 Å². The second kappa shape index (κ2) is 9.34. The second-order valence-electron chi connectivity index (χ2n) is 7.88. The van der Waals surface area contributed by atoms with Crippen molar-refractivity contribution in [3.63, 3.8) is 0 Å². The normalized spacial score (nSPS) is 15.6. The standard InChI is InChI=1S/C25H28N2O5/c1-16-22(17(2)32-26-16)15-31-20-8-5-7-18(13-20)25(28)27-12-6-9-23(27)21-11-10-19(29-3)14-24(21)30-4/h5,7-8,10-11,13-14,23H,6,9,12,15H2,1-4H3/t23-/m1/s1. The average molecular weight is 437 g/mol. The number of ether oxygens (including phenoxy) is 3. The number of nitrogens with zero attached hydrogens (tertiary/aromatic N) is 2. The molecule has 1 aliphatic heterocycles. The Hall–Kier alpha value is -3.48. The molecule has 168 valence electrons.